The third kappa shape index (κ3) is 3.18. The van der Waals surface area contributed by atoms with Crippen LogP contribution < -0.4 is 0 Å². The molecule has 0 radical (unpaired) electrons. The molecule has 0 aliphatic carbocycles. The Labute approximate surface area is 94.3 Å². The van der Waals surface area contributed by atoms with Gasteiger partial charge in [0.1, 0.15) is 0 Å². The lowest BCUT2D eigenvalue weighted by Crippen LogP contribution is -2.32. The third-order valence-electron chi connectivity index (χ3n) is 2.01. The van der Waals surface area contributed by atoms with E-state index < -0.39 is 23.3 Å². The van der Waals surface area contributed by atoms with Gasteiger partial charge in [0.25, 0.3) is 0 Å². The average Bonchev–Trinajstić information content (AvgIpc) is 2.13. The number of ether oxygens (including phenoxy) is 1. The topological polar surface area (TPSA) is 49.5 Å². The average molecular weight is 316 g/mol. The van der Waals surface area contributed by atoms with Crippen molar-refractivity contribution in [1.82, 2.24) is 4.67 Å². The van der Waals surface area contributed by atoms with Gasteiger partial charge in [-0.25, -0.2) is 4.67 Å². The number of hydrogen-bond donors (Lipinski definition) is 0. The molecule has 100 valence electrons. The molecule has 5 nitrogen and oxygen atoms in total. The normalized spacial score (nSPS) is 36.5. The minimum absolute atomic E-state index is 0.0721. The highest BCUT2D eigenvalue weighted by Crippen LogP contribution is 2.82. The zero-order valence-corrected chi connectivity index (χ0v) is 10.9. The molecule has 0 N–H and O–H groups in total. The molecule has 0 aromatic rings. The lowest BCUT2D eigenvalue weighted by molar-refractivity contribution is 0.0722. The second-order valence-electron chi connectivity index (χ2n) is 3.24. The van der Waals surface area contributed by atoms with Crippen molar-refractivity contribution in [3.05, 3.63) is 0 Å². The molecule has 2 aliphatic heterocycles. The summed E-state index contributed by atoms with van der Waals surface area (Å²) in [4.78, 5) is 0. The maximum atomic E-state index is 14.1. The van der Waals surface area contributed by atoms with E-state index >= 15 is 0 Å². The fourth-order valence-electron chi connectivity index (χ4n) is 1.38. The summed E-state index contributed by atoms with van der Waals surface area (Å²) >= 11 is 0. The number of morpholine rings is 1. The zero-order chi connectivity index (χ0) is 12.7. The number of nitrogens with zero attached hydrogens (tertiary/aromatic N) is 4. The first-order chi connectivity index (χ1) is 7.73. The van der Waals surface area contributed by atoms with Gasteiger partial charge in [0, 0.05) is 13.1 Å². The first kappa shape index (κ1) is 13.7. The van der Waals surface area contributed by atoms with E-state index in [2.05, 4.69) is 9.03 Å². The highest BCUT2D eigenvalue weighted by atomic mass is 31.3. The van der Waals surface area contributed by atoms with E-state index in [0.717, 1.165) is 4.67 Å². The van der Waals surface area contributed by atoms with Crippen LogP contribution in [-0.2, 0) is 4.74 Å². The molecule has 2 heterocycles. The second-order valence-corrected chi connectivity index (χ2v) is 8.77. The van der Waals surface area contributed by atoms with Crippen molar-refractivity contribution in [1.29, 1.82) is 0 Å². The Morgan fingerprint density at radius 3 is 1.88 bits per heavy atom. The van der Waals surface area contributed by atoms with Crippen LogP contribution in [0.4, 0.5) is 21.0 Å². The standard InChI is InChI=1S/C4H8F5N4OP3/c5-15(6)10-16(7,8)12-17(9,11-15)13-1-3-14-4-2-13/h1-4H2. The van der Waals surface area contributed by atoms with E-state index in [1.54, 1.807) is 0 Å². The molecule has 2 rings (SSSR count). The summed E-state index contributed by atoms with van der Waals surface area (Å²) in [5.41, 5.74) is 0. The molecular formula is C4H8F5N4OP3. The van der Waals surface area contributed by atoms with Crippen LogP contribution in [0.25, 0.3) is 0 Å². The zero-order valence-electron chi connectivity index (χ0n) is 8.26. The largest absolute Gasteiger partial charge is 0.424 e. The predicted molar refractivity (Wildman–Crippen MR) is 56.0 cm³/mol. The van der Waals surface area contributed by atoms with Gasteiger partial charge in [-0.2, -0.15) is 4.20 Å². The van der Waals surface area contributed by atoms with Gasteiger partial charge in [-0.3, -0.25) is 0 Å². The van der Waals surface area contributed by atoms with E-state index in [1.807, 2.05) is 4.52 Å². The first-order valence-corrected chi connectivity index (χ1v) is 8.95. The van der Waals surface area contributed by atoms with Gasteiger partial charge in [0.2, 0.25) is 0 Å². The van der Waals surface area contributed by atoms with Crippen LogP contribution in [0, 0.1) is 0 Å². The van der Waals surface area contributed by atoms with Gasteiger partial charge in [-0.05, 0) is 0 Å². The second kappa shape index (κ2) is 4.42. The SMILES string of the molecule is FP1(F)=NP(F)(F)=NP(F)(N2CCOCC2)=N1. The quantitative estimate of drug-likeness (QED) is 0.504. The number of hydrogen-bond acceptors (Lipinski definition) is 5. The third-order valence-corrected chi connectivity index (χ3v) is 8.39. The monoisotopic (exact) mass is 316 g/mol. The van der Waals surface area contributed by atoms with Crippen LogP contribution in [0.15, 0.2) is 13.5 Å². The van der Waals surface area contributed by atoms with Crippen molar-refractivity contribution < 1.29 is 25.7 Å². The fraction of sp³-hybridized carbons (Fsp3) is 1.00. The van der Waals surface area contributed by atoms with Gasteiger partial charge in [0.05, 0.1) is 13.2 Å². The Morgan fingerprint density at radius 1 is 0.824 bits per heavy atom. The molecule has 1 fully saturated rings. The van der Waals surface area contributed by atoms with Gasteiger partial charge >= 0.3 is 23.3 Å². The molecular weight excluding hydrogens is 308 g/mol. The number of halogens is 5. The summed E-state index contributed by atoms with van der Waals surface area (Å²) in [5.74, 6) is 0. The molecule has 0 saturated carbocycles. The summed E-state index contributed by atoms with van der Waals surface area (Å²) in [6.07, 6.45) is 0. The van der Waals surface area contributed by atoms with Crippen LogP contribution in [0.1, 0.15) is 0 Å². The molecule has 1 atom stereocenters. The molecule has 0 aromatic carbocycles. The lowest BCUT2D eigenvalue weighted by Gasteiger charge is -2.31. The number of rotatable bonds is 1. The molecule has 2 aliphatic rings. The lowest BCUT2D eigenvalue weighted by atomic mass is 10.5. The van der Waals surface area contributed by atoms with Gasteiger partial charge in [0.15, 0.2) is 0 Å². The van der Waals surface area contributed by atoms with E-state index in [1.165, 1.54) is 0 Å². The Morgan fingerprint density at radius 2 is 1.35 bits per heavy atom. The molecule has 0 amide bonds. The Kier molecular flexibility index (Phi) is 3.56. The van der Waals surface area contributed by atoms with Gasteiger partial charge in [-0.15, -0.1) is 30.3 Å². The molecule has 17 heavy (non-hydrogen) atoms. The van der Waals surface area contributed by atoms with Crippen LogP contribution in [-0.4, -0.2) is 31.0 Å². The molecule has 0 aromatic heterocycles. The van der Waals surface area contributed by atoms with Crippen LogP contribution >= 0.6 is 23.3 Å². The van der Waals surface area contributed by atoms with E-state index in [9.17, 15) is 21.0 Å². The summed E-state index contributed by atoms with van der Waals surface area (Å²) in [6, 6.07) is 0. The predicted octanol–water partition coefficient (Wildman–Crippen LogP) is 5.02. The molecule has 1 unspecified atom stereocenters. The van der Waals surface area contributed by atoms with E-state index in [-0.39, 0.29) is 26.3 Å². The Bertz CT molecular complexity index is 468. The maximum Gasteiger partial charge on any atom is 0.424 e. The summed E-state index contributed by atoms with van der Waals surface area (Å²) in [7, 11) is -15.9. The van der Waals surface area contributed by atoms with Crippen molar-refractivity contribution >= 4 is 23.3 Å². The summed E-state index contributed by atoms with van der Waals surface area (Å²) in [5, 5.41) is 0. The van der Waals surface area contributed by atoms with Gasteiger partial charge < -0.3 is 4.74 Å². The van der Waals surface area contributed by atoms with Crippen LogP contribution in [0.3, 0.4) is 0 Å². The van der Waals surface area contributed by atoms with Crippen molar-refractivity contribution in [2.75, 3.05) is 26.3 Å². The maximum absolute atomic E-state index is 14.1. The summed E-state index contributed by atoms with van der Waals surface area (Å²) in [6.45, 7) is 0.0261. The fourth-order valence-corrected chi connectivity index (χ4v) is 7.58. The van der Waals surface area contributed by atoms with Crippen LogP contribution in [0.5, 0.6) is 0 Å². The first-order valence-electron chi connectivity index (χ1n) is 4.45. The molecule has 1 saturated heterocycles. The molecule has 0 bridgehead atoms. The van der Waals surface area contributed by atoms with Crippen molar-refractivity contribution in [3.8, 4) is 0 Å². The Hall–Kier alpha value is 0.260. The van der Waals surface area contributed by atoms with Crippen molar-refractivity contribution in [2.24, 2.45) is 13.5 Å². The van der Waals surface area contributed by atoms with Crippen molar-refractivity contribution in [3.63, 3.8) is 0 Å². The highest BCUT2D eigenvalue weighted by Gasteiger charge is 2.42. The van der Waals surface area contributed by atoms with E-state index in [4.69, 9.17) is 4.74 Å². The van der Waals surface area contributed by atoms with Gasteiger partial charge in [-0.1, -0.05) is 0 Å². The minimum Gasteiger partial charge on any atom is -0.379 e. The summed E-state index contributed by atoms with van der Waals surface area (Å²) < 4.78 is 78.8. The minimum atomic E-state index is -5.60. The molecule has 13 heteroatoms. The molecule has 0 spiro atoms. The van der Waals surface area contributed by atoms with E-state index in [0.29, 0.717) is 0 Å². The Balaban J connectivity index is 2.47. The van der Waals surface area contributed by atoms with Crippen molar-refractivity contribution in [2.45, 2.75) is 0 Å². The van der Waals surface area contributed by atoms with Crippen LogP contribution in [0.2, 0.25) is 0 Å². The highest BCUT2D eigenvalue weighted by molar-refractivity contribution is 7.78. The smallest absolute Gasteiger partial charge is 0.379 e.